The van der Waals surface area contributed by atoms with Gasteiger partial charge in [-0.15, -0.1) is 0 Å². The molecule has 10 nitrogen and oxygen atoms in total. The van der Waals surface area contributed by atoms with Gasteiger partial charge in [0.05, 0.1) is 45.9 Å². The van der Waals surface area contributed by atoms with Crippen molar-refractivity contribution in [2.45, 2.75) is 124 Å². The molecule has 0 bridgehead atoms. The number of alkyl halides is 18. The van der Waals surface area contributed by atoms with Crippen LogP contribution in [0.2, 0.25) is 0 Å². The van der Waals surface area contributed by atoms with Gasteiger partial charge in [0.2, 0.25) is 5.78 Å². The fourth-order valence-electron chi connectivity index (χ4n) is 11.5. The number of ketones is 1. The summed E-state index contributed by atoms with van der Waals surface area (Å²) < 4.78 is 251. The average molecular weight is 1740 g/mol. The van der Waals surface area contributed by atoms with Crippen LogP contribution in [0.3, 0.4) is 0 Å². The molecule has 1 fully saturated rings. The minimum absolute atomic E-state index is 0.0246. The first-order chi connectivity index (χ1) is 55.3. The largest absolute Gasteiger partial charge is 0.508 e. The van der Waals surface area contributed by atoms with Crippen LogP contribution in [0.1, 0.15) is 31.1 Å². The molecule has 32 heteroatoms. The van der Waals surface area contributed by atoms with Crippen LogP contribution in [-0.2, 0) is 48.3 Å². The monoisotopic (exact) mass is 1740 g/mol. The van der Waals surface area contributed by atoms with Crippen LogP contribution in [-0.4, -0.2) is 135 Å². The maximum absolute atomic E-state index is 13.3. The van der Waals surface area contributed by atoms with Crippen LogP contribution in [0.5, 0.6) is 28.7 Å². The van der Waals surface area contributed by atoms with E-state index in [1.54, 1.807) is 66.7 Å². The van der Waals surface area contributed by atoms with Crippen molar-refractivity contribution in [1.82, 2.24) is 0 Å². The highest BCUT2D eigenvalue weighted by Gasteiger charge is 2.73. The molecule has 0 spiro atoms. The number of aromatic hydroxyl groups is 2. The Morgan fingerprint density at radius 3 is 0.831 bits per heavy atom. The molecular weight excluding hydrogens is 1660 g/mol. The van der Waals surface area contributed by atoms with Crippen LogP contribution in [0.15, 0.2) is 329 Å². The Balaban J connectivity index is 0.000000186. The lowest BCUT2D eigenvalue weighted by Gasteiger charge is -2.31. The number of fused-ring (bicyclic) bond motifs is 1. The van der Waals surface area contributed by atoms with Gasteiger partial charge in [-0.2, -0.15) is 79.0 Å². The second-order valence-corrected chi connectivity index (χ2v) is 35.7. The fourth-order valence-corrected chi connectivity index (χ4v) is 20.5. The molecule has 1 saturated heterocycles. The predicted octanol–water partition coefficient (Wildman–Crippen LogP) is 21.5. The minimum Gasteiger partial charge on any atom is -0.508 e. The summed E-state index contributed by atoms with van der Waals surface area (Å²) in [5.41, 5.74) is -14.4. The van der Waals surface area contributed by atoms with E-state index < -0.39 is 107 Å². The molecule has 0 saturated carbocycles. The van der Waals surface area contributed by atoms with Crippen molar-refractivity contribution in [3.63, 3.8) is 0 Å². The van der Waals surface area contributed by atoms with E-state index in [1.165, 1.54) is 46.7 Å². The Bertz CT molecular complexity index is 4750. The van der Waals surface area contributed by atoms with Gasteiger partial charge < -0.3 is 44.5 Å². The quantitative estimate of drug-likeness (QED) is 0.0267. The van der Waals surface area contributed by atoms with Gasteiger partial charge in [-0.1, -0.05) is 130 Å². The third-order valence-electron chi connectivity index (χ3n) is 17.8. The highest BCUT2D eigenvalue weighted by Crippen LogP contribution is 2.48. The number of Topliss-reactive ketones (excluding diaryl/α,β-unsaturated/α-hetero) is 1. The first-order valence-corrected chi connectivity index (χ1v) is 40.7. The first-order valence-electron chi connectivity index (χ1n) is 35.4. The number of ether oxygens (including phenoxy) is 4. The molecule has 118 heavy (non-hydrogen) atoms. The summed E-state index contributed by atoms with van der Waals surface area (Å²) in [6.45, 7) is 1.81. The zero-order chi connectivity index (χ0) is 86.3. The van der Waals surface area contributed by atoms with Gasteiger partial charge >= 0.3 is 37.1 Å². The maximum atomic E-state index is 13.3. The molecule has 0 radical (unpaired) electrons. The van der Waals surface area contributed by atoms with Crippen molar-refractivity contribution in [2.75, 3.05) is 44.5 Å². The van der Waals surface area contributed by atoms with E-state index in [1.807, 2.05) is 121 Å². The van der Waals surface area contributed by atoms with Crippen molar-refractivity contribution in [3.05, 3.63) is 291 Å². The molecule has 0 aliphatic carbocycles. The molecule has 1 heterocycles. The van der Waals surface area contributed by atoms with Crippen LogP contribution in [0.4, 0.5) is 79.0 Å². The highest BCUT2D eigenvalue weighted by atomic mass is 32.2. The summed E-state index contributed by atoms with van der Waals surface area (Å²) in [7, 11) is -1.74. The zero-order valence-electron chi connectivity index (χ0n) is 62.4. The average Bonchev–Trinajstić information content (AvgIpc) is 0.775. The number of carbonyl (C=O) groups excluding carboxylic acids is 1. The molecule has 626 valence electrons. The number of phenolic OH excluding ortho intramolecular Hbond substituents is 2. The normalized spacial score (nSPS) is 13.8. The number of carbonyl (C=O) groups is 1. The summed E-state index contributed by atoms with van der Waals surface area (Å²) >= 11 is 0. The number of rotatable bonds is 21. The lowest BCUT2D eigenvalue weighted by Crippen LogP contribution is -2.60. The lowest BCUT2D eigenvalue weighted by molar-refractivity contribution is -0.374. The fraction of sp³-hybridized carbons (Fsp3) is 0.244. The topological polar surface area (TPSA) is 155 Å². The van der Waals surface area contributed by atoms with Gasteiger partial charge in [0, 0.05) is 21.9 Å². The van der Waals surface area contributed by atoms with Gasteiger partial charge in [0.25, 0.3) is 16.8 Å². The van der Waals surface area contributed by atoms with Gasteiger partial charge in [0.1, 0.15) is 60.1 Å². The molecular formula is C86H76F18O10S4+4. The van der Waals surface area contributed by atoms with Crippen molar-refractivity contribution < 1.29 is 128 Å². The molecule has 11 aromatic carbocycles. The van der Waals surface area contributed by atoms with Crippen LogP contribution >= 0.6 is 0 Å². The van der Waals surface area contributed by atoms with Crippen molar-refractivity contribution in [1.29, 1.82) is 0 Å². The minimum atomic E-state index is -6.08. The number of benzene rings is 11. The standard InChI is InChI=1S/C26H19F12O4S.C22H17F6O2S.C20H25O2S.C18H14O2S/c27-23(28,29)21(39,24(30,31)32)14-41-16-6-10-19(11-7-16)43(18-4-2-1-3-5-18)20-12-8-17(9-13-20)42-15-22(40,25(33,34)35)26(36,37)38;23-21(24,25)20(29,22(26,27)28)15-30-16-11-13-19(14-12-16)31(17-7-3-1-4-8-17)18-9-5-2-6-10-18;1-20(2,3)19(23-12-10-22-11-13-23)18(21)17-9-8-15-6-4-5-7-16(15)14-17;19-14-6-10-17(11-7-14)21(16-4-2-1-3-5-16)18-12-8-15(20)9-13-18/h1-13,39-40H,14-15H2;1-14,29H,15H2;4-9,14,19H,10-13H2,1-3H3;1-13H,(H-,19,20)/q3*+1;/p+1. The highest BCUT2D eigenvalue weighted by molar-refractivity contribution is 7.98. The third-order valence-corrected chi connectivity index (χ3v) is 27.4. The molecule has 12 rings (SSSR count). The summed E-state index contributed by atoms with van der Waals surface area (Å²) in [4.78, 5) is 21.0. The van der Waals surface area contributed by atoms with Gasteiger partial charge in [-0.25, -0.2) is 0 Å². The number of aliphatic hydroxyl groups is 3. The number of hydrogen-bond acceptors (Lipinski definition) is 10. The molecule has 0 aromatic heterocycles. The van der Waals surface area contributed by atoms with E-state index in [0.717, 1.165) is 84.4 Å². The van der Waals surface area contributed by atoms with E-state index in [4.69, 9.17) is 4.74 Å². The van der Waals surface area contributed by atoms with Gasteiger partial charge in [-0.05, 0) is 187 Å². The van der Waals surface area contributed by atoms with E-state index in [0.29, 0.717) is 20.5 Å². The SMILES string of the molecule is CC(C)(C)C(C(=O)c1ccc2ccccc2c1)[S+]1CCOCC1.OC(COc1ccc([S+](c2ccccc2)c2ccc(OCC(O)(C(F)(F)F)C(F)(F)F)cc2)cc1)(C(F)(F)F)C(F)(F)F.OC(COc1ccc([S+](c2ccccc2)c2ccccc2)cc1)(C(F)(F)F)C(F)(F)F.Oc1ccc([S+](c2ccccc2)c2ccc(O)cc2)cc1. The smallest absolute Gasteiger partial charge is 0.429 e. The summed E-state index contributed by atoms with van der Waals surface area (Å²) in [6.07, 6.45) is -36.2. The van der Waals surface area contributed by atoms with Crippen LogP contribution in [0.25, 0.3) is 10.8 Å². The molecule has 1 atom stereocenters. The zero-order valence-corrected chi connectivity index (χ0v) is 65.6. The number of hydrogen-bond donors (Lipinski definition) is 5. The Labute approximate surface area is 678 Å². The first kappa shape index (κ1) is 92.2. The van der Waals surface area contributed by atoms with E-state index in [-0.39, 0.29) is 49.7 Å². The van der Waals surface area contributed by atoms with Crippen LogP contribution < -0.4 is 14.2 Å². The lowest BCUT2D eigenvalue weighted by atomic mass is 9.86. The molecule has 0 amide bonds. The van der Waals surface area contributed by atoms with Crippen molar-refractivity contribution >= 4 is 60.1 Å². The van der Waals surface area contributed by atoms with E-state index >= 15 is 0 Å². The second-order valence-electron chi connectivity index (χ2n) is 27.2. The maximum Gasteiger partial charge on any atom is 0.429 e. The number of halogens is 18. The van der Waals surface area contributed by atoms with Crippen LogP contribution in [0, 0.1) is 5.41 Å². The number of phenols is 2. The predicted molar refractivity (Wildman–Crippen MR) is 415 cm³/mol. The van der Waals surface area contributed by atoms with Crippen molar-refractivity contribution in [2.24, 2.45) is 5.41 Å². The van der Waals surface area contributed by atoms with E-state index in [2.05, 4.69) is 71.4 Å². The molecule has 11 aromatic rings. The van der Waals surface area contributed by atoms with Gasteiger partial charge in [-0.3, -0.25) is 4.79 Å². The summed E-state index contributed by atoms with van der Waals surface area (Å²) in [6, 6.07) is 81.7. The summed E-state index contributed by atoms with van der Waals surface area (Å²) in [5, 5.41) is 49.1. The van der Waals surface area contributed by atoms with Crippen molar-refractivity contribution in [3.8, 4) is 28.7 Å². The Morgan fingerprint density at radius 1 is 0.339 bits per heavy atom. The Kier molecular flexibility index (Phi) is 30.2. The van der Waals surface area contributed by atoms with Gasteiger partial charge in [0.15, 0.2) is 49.3 Å². The summed E-state index contributed by atoms with van der Waals surface area (Å²) in [5.74, 6) is 1.74. The molecule has 1 aliphatic rings. The van der Waals surface area contributed by atoms with E-state index in [9.17, 15) is 109 Å². The second kappa shape index (κ2) is 38.6. The molecule has 5 N–H and O–H groups in total. The third kappa shape index (κ3) is 23.0. The Morgan fingerprint density at radius 2 is 0.576 bits per heavy atom. The molecule has 1 aliphatic heterocycles. The molecule has 1 unspecified atom stereocenters. The Hall–Kier alpha value is -9.67.